The molecule has 1 amide bonds. The van der Waals surface area contributed by atoms with Gasteiger partial charge in [-0.05, 0) is 43.3 Å². The van der Waals surface area contributed by atoms with E-state index in [4.69, 9.17) is 9.47 Å². The van der Waals surface area contributed by atoms with Crippen LogP contribution in [0.4, 0.5) is 0 Å². The smallest absolute Gasteiger partial charge is 0.247 e. The largest absolute Gasteiger partial charge is 0.497 e. The maximum absolute atomic E-state index is 13.5. The molecule has 0 radical (unpaired) electrons. The summed E-state index contributed by atoms with van der Waals surface area (Å²) in [6.45, 7) is 5.14. The highest BCUT2D eigenvalue weighted by molar-refractivity contribution is 7.89. The van der Waals surface area contributed by atoms with Gasteiger partial charge in [-0.2, -0.15) is 4.31 Å². The van der Waals surface area contributed by atoms with Crippen LogP contribution in [0.2, 0.25) is 0 Å². The third-order valence-corrected chi connectivity index (χ3v) is 8.10. The molecule has 0 saturated heterocycles. The lowest BCUT2D eigenvalue weighted by molar-refractivity contribution is -0.129. The molecule has 1 aliphatic rings. The fraction of sp³-hybridized carbons (Fsp3) is 0.423. The van der Waals surface area contributed by atoms with Crippen molar-refractivity contribution in [2.24, 2.45) is 5.92 Å². The topological polar surface area (TPSA) is 96.4 Å². The van der Waals surface area contributed by atoms with E-state index in [1.165, 1.54) is 17.3 Å². The van der Waals surface area contributed by atoms with E-state index < -0.39 is 22.2 Å². The number of fused-ring (bicyclic) bond motifs is 1. The number of nitrogens with zero attached hydrogens (tertiary/aromatic N) is 2. The highest BCUT2D eigenvalue weighted by atomic mass is 32.2. The molecule has 0 bridgehead atoms. The van der Waals surface area contributed by atoms with Gasteiger partial charge >= 0.3 is 0 Å². The van der Waals surface area contributed by atoms with Crippen molar-refractivity contribution < 1.29 is 27.8 Å². The lowest BCUT2D eigenvalue weighted by Gasteiger charge is -2.37. The zero-order valence-corrected chi connectivity index (χ0v) is 21.5. The van der Waals surface area contributed by atoms with Gasteiger partial charge in [0.05, 0.1) is 20.3 Å². The number of aliphatic hydroxyl groups excluding tert-OH is 1. The second-order valence-corrected chi connectivity index (χ2v) is 10.6. The van der Waals surface area contributed by atoms with Crippen LogP contribution in [0.1, 0.15) is 31.9 Å². The first-order valence-electron chi connectivity index (χ1n) is 11.4. The molecule has 1 N–H and O–H groups in total. The predicted octanol–water partition coefficient (Wildman–Crippen LogP) is 2.34. The number of methoxy groups -OCH3 is 1. The molecular formula is C26H32N2O6S. The van der Waals surface area contributed by atoms with Crippen molar-refractivity contribution in [3.05, 3.63) is 53.6 Å². The Morgan fingerprint density at radius 3 is 2.57 bits per heavy atom. The Hall–Kier alpha value is -3.06. The standard InChI is InChI=1S/C26H32N2O6S/c1-18-15-28(19(2)17-29)35(31,32)26-12-11-22(10-9-21-7-6-8-23(13-21)33-5)14-24(26)34-25(18)16-27(4)20(3)30/h6-8,11-14,18-19,25,29H,15-17H2,1-5H3/t18-,19+,25+/m0/s1. The molecule has 3 atom stereocenters. The zero-order valence-electron chi connectivity index (χ0n) is 20.7. The van der Waals surface area contributed by atoms with Crippen LogP contribution in [0, 0.1) is 17.8 Å². The molecule has 8 nitrogen and oxygen atoms in total. The Kier molecular flexibility index (Phi) is 8.43. The van der Waals surface area contributed by atoms with Gasteiger partial charge in [0.25, 0.3) is 0 Å². The lowest BCUT2D eigenvalue weighted by atomic mass is 10.0. The number of carbonyl (C=O) groups is 1. The van der Waals surface area contributed by atoms with E-state index in [2.05, 4.69) is 11.8 Å². The molecular weight excluding hydrogens is 468 g/mol. The average Bonchev–Trinajstić information content (AvgIpc) is 2.84. The van der Waals surface area contributed by atoms with Gasteiger partial charge in [-0.1, -0.05) is 24.8 Å². The van der Waals surface area contributed by atoms with Gasteiger partial charge in [0.15, 0.2) is 0 Å². The number of likely N-dealkylation sites (N-methyl/N-ethyl adjacent to an activating group) is 1. The number of ether oxygens (including phenoxy) is 2. The van der Waals surface area contributed by atoms with Gasteiger partial charge in [-0.25, -0.2) is 8.42 Å². The Labute approximate surface area is 207 Å². The maximum atomic E-state index is 13.5. The Morgan fingerprint density at radius 2 is 1.94 bits per heavy atom. The summed E-state index contributed by atoms with van der Waals surface area (Å²) in [5.41, 5.74) is 1.33. The van der Waals surface area contributed by atoms with E-state index >= 15 is 0 Å². The van der Waals surface area contributed by atoms with Crippen molar-refractivity contribution in [2.45, 2.75) is 37.8 Å². The monoisotopic (exact) mass is 500 g/mol. The summed E-state index contributed by atoms with van der Waals surface area (Å²) in [5, 5.41) is 9.74. The van der Waals surface area contributed by atoms with E-state index in [0.717, 1.165) is 5.56 Å². The van der Waals surface area contributed by atoms with Crippen LogP contribution in [0.15, 0.2) is 47.4 Å². The predicted molar refractivity (Wildman–Crippen MR) is 133 cm³/mol. The Bertz CT molecular complexity index is 1230. The molecule has 0 spiro atoms. The summed E-state index contributed by atoms with van der Waals surface area (Å²) >= 11 is 0. The van der Waals surface area contributed by atoms with Crippen molar-refractivity contribution in [3.63, 3.8) is 0 Å². The van der Waals surface area contributed by atoms with Crippen LogP contribution in [-0.4, -0.2) is 74.6 Å². The molecule has 0 saturated carbocycles. The van der Waals surface area contributed by atoms with Gasteiger partial charge < -0.3 is 19.5 Å². The van der Waals surface area contributed by atoms with Crippen LogP contribution in [0.25, 0.3) is 0 Å². The zero-order chi connectivity index (χ0) is 25.8. The molecule has 35 heavy (non-hydrogen) atoms. The first kappa shape index (κ1) is 26.5. The summed E-state index contributed by atoms with van der Waals surface area (Å²) in [7, 11) is -0.681. The summed E-state index contributed by atoms with van der Waals surface area (Å²) in [6, 6.07) is 11.4. The average molecular weight is 501 g/mol. The SMILES string of the molecule is COc1cccc(C#Cc2ccc3c(c2)O[C@H](CN(C)C(C)=O)[C@@H](C)CN([C@H](C)CO)S3(=O)=O)c1. The van der Waals surface area contributed by atoms with Gasteiger partial charge in [0, 0.05) is 43.6 Å². The first-order chi connectivity index (χ1) is 16.6. The third kappa shape index (κ3) is 6.14. The molecule has 0 aromatic heterocycles. The quantitative estimate of drug-likeness (QED) is 0.633. The Morgan fingerprint density at radius 1 is 1.26 bits per heavy atom. The maximum Gasteiger partial charge on any atom is 0.247 e. The summed E-state index contributed by atoms with van der Waals surface area (Å²) in [6.07, 6.45) is -0.465. The second-order valence-electron chi connectivity index (χ2n) is 8.78. The van der Waals surface area contributed by atoms with Crippen molar-refractivity contribution >= 4 is 15.9 Å². The van der Waals surface area contributed by atoms with E-state index in [1.807, 2.05) is 31.2 Å². The van der Waals surface area contributed by atoms with Crippen LogP contribution in [0.5, 0.6) is 11.5 Å². The number of benzene rings is 2. The summed E-state index contributed by atoms with van der Waals surface area (Å²) in [4.78, 5) is 13.4. The summed E-state index contributed by atoms with van der Waals surface area (Å²) < 4.78 is 39.9. The van der Waals surface area contributed by atoms with Crippen LogP contribution in [0.3, 0.4) is 0 Å². The van der Waals surface area contributed by atoms with Gasteiger partial charge in [0.1, 0.15) is 22.5 Å². The summed E-state index contributed by atoms with van der Waals surface area (Å²) in [5.74, 6) is 6.62. The second kappa shape index (κ2) is 11.1. The van der Waals surface area contributed by atoms with Gasteiger partial charge in [0.2, 0.25) is 15.9 Å². The molecule has 2 aromatic carbocycles. The number of sulfonamides is 1. The number of rotatable bonds is 5. The number of hydrogen-bond acceptors (Lipinski definition) is 6. The van der Waals surface area contributed by atoms with Crippen molar-refractivity contribution in [1.82, 2.24) is 9.21 Å². The molecule has 0 unspecified atom stereocenters. The number of hydrogen-bond donors (Lipinski definition) is 1. The minimum atomic E-state index is -3.94. The highest BCUT2D eigenvalue weighted by Crippen LogP contribution is 2.34. The Balaban J connectivity index is 2.07. The first-order valence-corrected chi connectivity index (χ1v) is 12.8. The highest BCUT2D eigenvalue weighted by Gasteiger charge is 2.38. The lowest BCUT2D eigenvalue weighted by Crippen LogP contribution is -2.50. The van der Waals surface area contributed by atoms with Gasteiger partial charge in [-0.3, -0.25) is 4.79 Å². The van der Waals surface area contributed by atoms with E-state index in [9.17, 15) is 18.3 Å². The van der Waals surface area contributed by atoms with Crippen molar-refractivity contribution in [3.8, 4) is 23.3 Å². The molecule has 0 aliphatic carbocycles. The molecule has 1 heterocycles. The molecule has 9 heteroatoms. The third-order valence-electron chi connectivity index (χ3n) is 6.08. The van der Waals surface area contributed by atoms with Crippen molar-refractivity contribution in [1.29, 1.82) is 0 Å². The number of carbonyl (C=O) groups excluding carboxylic acids is 1. The molecule has 3 rings (SSSR count). The van der Waals surface area contributed by atoms with E-state index in [1.54, 1.807) is 38.1 Å². The molecule has 1 aliphatic heterocycles. The van der Waals surface area contributed by atoms with Crippen LogP contribution >= 0.6 is 0 Å². The van der Waals surface area contributed by atoms with Gasteiger partial charge in [-0.15, -0.1) is 0 Å². The number of aliphatic hydroxyl groups is 1. The fourth-order valence-corrected chi connectivity index (χ4v) is 5.59. The normalized spacial score (nSPS) is 20.2. The van der Waals surface area contributed by atoms with E-state index in [-0.39, 0.29) is 42.2 Å². The minimum Gasteiger partial charge on any atom is -0.497 e. The molecule has 2 aromatic rings. The fourth-order valence-electron chi connectivity index (χ4n) is 3.76. The minimum absolute atomic E-state index is 0.00658. The van der Waals surface area contributed by atoms with E-state index in [0.29, 0.717) is 11.3 Å². The molecule has 0 fully saturated rings. The van der Waals surface area contributed by atoms with Crippen LogP contribution < -0.4 is 9.47 Å². The van der Waals surface area contributed by atoms with Crippen molar-refractivity contribution in [2.75, 3.05) is 33.9 Å². The number of amides is 1. The van der Waals surface area contributed by atoms with Crippen LogP contribution in [-0.2, 0) is 14.8 Å². The molecule has 188 valence electrons.